The molecule has 3 aromatic carbocycles. The molecule has 0 saturated heterocycles. The van der Waals surface area contributed by atoms with Gasteiger partial charge < -0.3 is 0 Å². The lowest BCUT2D eigenvalue weighted by Crippen LogP contribution is -2.00. The topological polar surface area (TPSA) is 30.7 Å². The normalized spacial score (nSPS) is 10.9. The van der Waals surface area contributed by atoms with Gasteiger partial charge in [0.2, 0.25) is 0 Å². The molecule has 0 atom stereocenters. The minimum atomic E-state index is 0.860. The molecule has 1 heterocycles. The zero-order valence-corrected chi connectivity index (χ0v) is 16.3. The Hall–Kier alpha value is -2.85. The first-order valence-corrected chi connectivity index (χ1v) is 9.95. The molecule has 27 heavy (non-hydrogen) atoms. The minimum absolute atomic E-state index is 0.860. The van der Waals surface area contributed by atoms with E-state index in [1.165, 1.54) is 16.7 Å². The molecular formula is C23H21N3S. The lowest BCUT2D eigenvalue weighted by molar-refractivity contribution is 0.885. The highest BCUT2D eigenvalue weighted by atomic mass is 32.2. The average Bonchev–Trinajstić information content (AvgIpc) is 3.12. The molecule has 0 aliphatic heterocycles. The summed E-state index contributed by atoms with van der Waals surface area (Å²) in [5, 5.41) is 9.92. The third-order valence-corrected chi connectivity index (χ3v) is 5.41. The van der Waals surface area contributed by atoms with E-state index in [0.29, 0.717) is 0 Å². The number of benzene rings is 3. The zero-order valence-electron chi connectivity index (χ0n) is 15.5. The number of aryl methyl sites for hydroxylation is 2. The highest BCUT2D eigenvalue weighted by Crippen LogP contribution is 2.30. The zero-order chi connectivity index (χ0) is 18.6. The molecule has 3 nitrogen and oxygen atoms in total. The largest absolute Gasteiger partial charge is 0.270 e. The first-order valence-electron chi connectivity index (χ1n) is 8.97. The van der Waals surface area contributed by atoms with Crippen molar-refractivity contribution in [2.75, 3.05) is 0 Å². The van der Waals surface area contributed by atoms with Crippen LogP contribution in [-0.2, 0) is 5.75 Å². The van der Waals surface area contributed by atoms with E-state index in [-0.39, 0.29) is 0 Å². The fourth-order valence-corrected chi connectivity index (χ4v) is 3.88. The Balaban J connectivity index is 1.73. The predicted octanol–water partition coefficient (Wildman–Crippen LogP) is 5.84. The van der Waals surface area contributed by atoms with Crippen LogP contribution in [0, 0.1) is 13.8 Å². The fraction of sp³-hybridized carbons (Fsp3) is 0.130. The van der Waals surface area contributed by atoms with E-state index in [1.807, 2.05) is 18.2 Å². The Bertz CT molecular complexity index is 1040. The quantitative estimate of drug-likeness (QED) is 0.413. The summed E-state index contributed by atoms with van der Waals surface area (Å²) in [5.41, 5.74) is 5.93. The van der Waals surface area contributed by atoms with Crippen molar-refractivity contribution in [3.8, 4) is 17.1 Å². The summed E-state index contributed by atoms with van der Waals surface area (Å²) in [7, 11) is 0. The molecule has 134 valence electrons. The van der Waals surface area contributed by atoms with Gasteiger partial charge in [-0.25, -0.2) is 0 Å². The molecule has 0 N–H and O–H groups in total. The van der Waals surface area contributed by atoms with Gasteiger partial charge >= 0.3 is 0 Å². The maximum absolute atomic E-state index is 4.51. The molecule has 0 unspecified atom stereocenters. The van der Waals surface area contributed by atoms with Crippen LogP contribution in [0.25, 0.3) is 17.1 Å². The molecule has 0 spiro atoms. The van der Waals surface area contributed by atoms with Crippen LogP contribution < -0.4 is 0 Å². The Labute approximate surface area is 164 Å². The van der Waals surface area contributed by atoms with Crippen LogP contribution in [0.5, 0.6) is 0 Å². The molecule has 4 heteroatoms. The van der Waals surface area contributed by atoms with Crippen molar-refractivity contribution in [3.63, 3.8) is 0 Å². The van der Waals surface area contributed by atoms with E-state index >= 15 is 0 Å². The van der Waals surface area contributed by atoms with Gasteiger partial charge in [0.05, 0.1) is 0 Å². The lowest BCUT2D eigenvalue weighted by Gasteiger charge is -2.11. The van der Waals surface area contributed by atoms with Crippen LogP contribution >= 0.6 is 11.8 Å². The number of nitrogens with zero attached hydrogens (tertiary/aromatic N) is 3. The smallest absolute Gasteiger partial charge is 0.196 e. The summed E-state index contributed by atoms with van der Waals surface area (Å²) in [5.74, 6) is 1.73. The van der Waals surface area contributed by atoms with E-state index in [2.05, 4.69) is 89.3 Å². The summed E-state index contributed by atoms with van der Waals surface area (Å²) in [6.45, 7) is 4.21. The van der Waals surface area contributed by atoms with E-state index in [1.54, 1.807) is 11.8 Å². The number of hydrogen-bond acceptors (Lipinski definition) is 3. The molecule has 0 aliphatic carbocycles. The van der Waals surface area contributed by atoms with Crippen molar-refractivity contribution in [2.24, 2.45) is 0 Å². The van der Waals surface area contributed by atoms with E-state index in [4.69, 9.17) is 0 Å². The number of rotatable bonds is 5. The fourth-order valence-electron chi connectivity index (χ4n) is 2.97. The second kappa shape index (κ2) is 7.80. The molecule has 0 aliphatic rings. The lowest BCUT2D eigenvalue weighted by atomic mass is 10.2. The van der Waals surface area contributed by atoms with Gasteiger partial charge in [-0.05, 0) is 37.1 Å². The summed E-state index contributed by atoms with van der Waals surface area (Å²) in [6.07, 6.45) is 0. The Morgan fingerprint density at radius 3 is 2.30 bits per heavy atom. The SMILES string of the molecule is Cc1ccc(CSc2nnc(-c3ccccc3)n2-c2cccc(C)c2)cc1. The molecule has 4 aromatic rings. The molecule has 1 aromatic heterocycles. The van der Waals surface area contributed by atoms with Gasteiger partial charge in [-0.15, -0.1) is 10.2 Å². The van der Waals surface area contributed by atoms with Gasteiger partial charge in [0.1, 0.15) is 0 Å². The van der Waals surface area contributed by atoms with Crippen molar-refractivity contribution in [1.29, 1.82) is 0 Å². The van der Waals surface area contributed by atoms with Gasteiger partial charge in [-0.2, -0.15) is 0 Å². The second-order valence-corrected chi connectivity index (χ2v) is 7.56. The highest BCUT2D eigenvalue weighted by molar-refractivity contribution is 7.98. The van der Waals surface area contributed by atoms with Crippen LogP contribution in [0.3, 0.4) is 0 Å². The van der Waals surface area contributed by atoms with Gasteiger partial charge in [0, 0.05) is 17.0 Å². The number of aromatic nitrogens is 3. The van der Waals surface area contributed by atoms with Gasteiger partial charge in [-0.3, -0.25) is 4.57 Å². The third kappa shape index (κ3) is 3.96. The number of hydrogen-bond donors (Lipinski definition) is 0. The minimum Gasteiger partial charge on any atom is -0.270 e. The van der Waals surface area contributed by atoms with Crippen molar-refractivity contribution >= 4 is 11.8 Å². The van der Waals surface area contributed by atoms with E-state index in [9.17, 15) is 0 Å². The molecule has 0 amide bonds. The summed E-state index contributed by atoms with van der Waals surface area (Å²) in [4.78, 5) is 0. The monoisotopic (exact) mass is 371 g/mol. The molecule has 0 fully saturated rings. The van der Waals surface area contributed by atoms with Crippen LogP contribution in [0.2, 0.25) is 0 Å². The first kappa shape index (κ1) is 17.6. The first-order chi connectivity index (χ1) is 13.2. The molecular weight excluding hydrogens is 350 g/mol. The number of thioether (sulfide) groups is 1. The Morgan fingerprint density at radius 1 is 0.778 bits per heavy atom. The van der Waals surface area contributed by atoms with Gasteiger partial charge in [0.25, 0.3) is 0 Å². The van der Waals surface area contributed by atoms with Gasteiger partial charge in [0.15, 0.2) is 11.0 Å². The average molecular weight is 372 g/mol. The van der Waals surface area contributed by atoms with Crippen LogP contribution in [0.4, 0.5) is 0 Å². The van der Waals surface area contributed by atoms with Crippen molar-refractivity contribution in [3.05, 3.63) is 95.6 Å². The van der Waals surface area contributed by atoms with Crippen molar-refractivity contribution in [1.82, 2.24) is 14.8 Å². The van der Waals surface area contributed by atoms with E-state index < -0.39 is 0 Å². The Morgan fingerprint density at radius 2 is 1.56 bits per heavy atom. The van der Waals surface area contributed by atoms with Crippen molar-refractivity contribution in [2.45, 2.75) is 24.8 Å². The summed E-state index contributed by atoms with van der Waals surface area (Å²) < 4.78 is 2.15. The Kier molecular flexibility index (Phi) is 5.07. The molecule has 0 bridgehead atoms. The highest BCUT2D eigenvalue weighted by Gasteiger charge is 2.16. The molecule has 0 saturated carbocycles. The summed E-state index contributed by atoms with van der Waals surface area (Å²) in [6, 6.07) is 27.3. The summed E-state index contributed by atoms with van der Waals surface area (Å²) >= 11 is 1.71. The van der Waals surface area contributed by atoms with Crippen LogP contribution in [0.1, 0.15) is 16.7 Å². The van der Waals surface area contributed by atoms with Crippen LogP contribution in [0.15, 0.2) is 84.0 Å². The predicted molar refractivity (Wildman–Crippen MR) is 112 cm³/mol. The second-order valence-electron chi connectivity index (χ2n) is 6.62. The molecule has 0 radical (unpaired) electrons. The molecule has 4 rings (SSSR count). The third-order valence-electron chi connectivity index (χ3n) is 4.41. The van der Waals surface area contributed by atoms with E-state index in [0.717, 1.165) is 28.0 Å². The van der Waals surface area contributed by atoms with Crippen LogP contribution in [-0.4, -0.2) is 14.8 Å². The maximum atomic E-state index is 4.51. The standard InChI is InChI=1S/C23H21N3S/c1-17-11-13-19(14-12-17)16-27-23-25-24-22(20-8-4-3-5-9-20)26(23)21-10-6-7-18(2)15-21/h3-15H,16H2,1-2H3. The van der Waals surface area contributed by atoms with Crippen molar-refractivity contribution < 1.29 is 0 Å². The van der Waals surface area contributed by atoms with Gasteiger partial charge in [-0.1, -0.05) is 84.1 Å². The maximum Gasteiger partial charge on any atom is 0.196 e.